The lowest BCUT2D eigenvalue weighted by atomic mass is 9.85. The van der Waals surface area contributed by atoms with Crippen molar-refractivity contribution in [3.8, 4) is 5.75 Å². The number of nitrogens with one attached hydrogen (secondary N) is 1. The number of aliphatic carboxylic acids is 1. The predicted octanol–water partition coefficient (Wildman–Crippen LogP) is 3.08. The van der Waals surface area contributed by atoms with Gasteiger partial charge in [0.15, 0.2) is 0 Å². The fourth-order valence-corrected chi connectivity index (χ4v) is 3.56. The van der Waals surface area contributed by atoms with Crippen LogP contribution in [0, 0.1) is 12.8 Å². The summed E-state index contributed by atoms with van der Waals surface area (Å²) in [5.74, 6) is -0.984. The SMILES string of the molecule is COc1ccc(CN(C(=O)OC(C)(C)C)c2cc(C[C@H]3C(=O)N[C@@H]3C(=O)O)cc(C)n2)cc1. The molecule has 1 aromatic carbocycles. The molecule has 1 aromatic heterocycles. The van der Waals surface area contributed by atoms with Crippen molar-refractivity contribution in [2.75, 3.05) is 12.0 Å². The zero-order valence-corrected chi connectivity index (χ0v) is 19.4. The van der Waals surface area contributed by atoms with Gasteiger partial charge in [0.05, 0.1) is 19.6 Å². The number of carbonyl (C=O) groups excluding carboxylic acids is 2. The number of β-lactam (4-membered cyclic amide) rings is 1. The maximum absolute atomic E-state index is 13.1. The van der Waals surface area contributed by atoms with Gasteiger partial charge in [0.1, 0.15) is 23.2 Å². The molecule has 33 heavy (non-hydrogen) atoms. The average molecular weight is 456 g/mol. The Hall–Kier alpha value is -3.62. The Kier molecular flexibility index (Phi) is 6.90. The van der Waals surface area contributed by atoms with Crippen molar-refractivity contribution in [2.24, 2.45) is 5.92 Å². The normalized spacial score (nSPS) is 17.5. The minimum atomic E-state index is -1.07. The number of nitrogens with zero attached hydrogens (tertiary/aromatic N) is 2. The van der Waals surface area contributed by atoms with E-state index in [2.05, 4.69) is 10.3 Å². The van der Waals surface area contributed by atoms with Gasteiger partial charge in [-0.1, -0.05) is 12.1 Å². The van der Waals surface area contributed by atoms with Gasteiger partial charge in [0.25, 0.3) is 0 Å². The number of carboxylic acids is 1. The van der Waals surface area contributed by atoms with Gasteiger partial charge in [0.2, 0.25) is 5.91 Å². The van der Waals surface area contributed by atoms with E-state index in [1.165, 1.54) is 4.90 Å². The van der Waals surface area contributed by atoms with Crippen molar-refractivity contribution in [1.82, 2.24) is 10.3 Å². The van der Waals surface area contributed by atoms with E-state index in [-0.39, 0.29) is 18.9 Å². The third-order valence-electron chi connectivity index (χ3n) is 5.15. The molecule has 0 unspecified atom stereocenters. The Balaban J connectivity index is 1.92. The smallest absolute Gasteiger partial charge is 0.416 e. The zero-order valence-electron chi connectivity index (χ0n) is 19.4. The molecule has 2 atom stereocenters. The van der Waals surface area contributed by atoms with E-state index < -0.39 is 29.6 Å². The van der Waals surface area contributed by atoms with Crippen molar-refractivity contribution >= 4 is 23.8 Å². The molecule has 2 amide bonds. The van der Waals surface area contributed by atoms with Crippen LogP contribution in [-0.4, -0.2) is 46.8 Å². The van der Waals surface area contributed by atoms with Gasteiger partial charge in [-0.15, -0.1) is 0 Å². The number of amides is 2. The van der Waals surface area contributed by atoms with Crippen LogP contribution in [0.1, 0.15) is 37.6 Å². The van der Waals surface area contributed by atoms with Crippen molar-refractivity contribution in [3.63, 3.8) is 0 Å². The van der Waals surface area contributed by atoms with E-state index in [1.807, 2.05) is 12.1 Å². The van der Waals surface area contributed by atoms with E-state index in [0.29, 0.717) is 22.8 Å². The van der Waals surface area contributed by atoms with E-state index in [4.69, 9.17) is 9.47 Å². The van der Waals surface area contributed by atoms with Gasteiger partial charge >= 0.3 is 12.1 Å². The monoisotopic (exact) mass is 455 g/mol. The van der Waals surface area contributed by atoms with E-state index >= 15 is 0 Å². The zero-order chi connectivity index (χ0) is 24.3. The van der Waals surface area contributed by atoms with Gasteiger partial charge < -0.3 is 19.9 Å². The van der Waals surface area contributed by atoms with Crippen LogP contribution in [0.4, 0.5) is 10.6 Å². The molecule has 0 aliphatic carbocycles. The Labute approximate surface area is 192 Å². The van der Waals surface area contributed by atoms with Crippen LogP contribution in [0.15, 0.2) is 36.4 Å². The Morgan fingerprint density at radius 2 is 1.82 bits per heavy atom. The van der Waals surface area contributed by atoms with Crippen LogP contribution in [0.25, 0.3) is 0 Å². The van der Waals surface area contributed by atoms with Crippen molar-refractivity contribution in [3.05, 3.63) is 53.2 Å². The molecule has 2 N–H and O–H groups in total. The molecule has 176 valence electrons. The maximum atomic E-state index is 13.1. The molecule has 1 aliphatic rings. The summed E-state index contributed by atoms with van der Waals surface area (Å²) < 4.78 is 10.8. The number of carboxylic acid groups (broad SMARTS) is 1. The largest absolute Gasteiger partial charge is 0.497 e. The average Bonchev–Trinajstić information content (AvgIpc) is 2.72. The molecule has 0 spiro atoms. The molecule has 9 nitrogen and oxygen atoms in total. The lowest BCUT2D eigenvalue weighted by molar-refractivity contribution is -0.153. The fraction of sp³-hybridized carbons (Fsp3) is 0.417. The van der Waals surface area contributed by atoms with E-state index in [9.17, 15) is 19.5 Å². The predicted molar refractivity (Wildman–Crippen MR) is 121 cm³/mol. The van der Waals surface area contributed by atoms with E-state index in [1.54, 1.807) is 59.1 Å². The molecule has 2 heterocycles. The van der Waals surface area contributed by atoms with Crippen LogP contribution in [0.2, 0.25) is 0 Å². The van der Waals surface area contributed by atoms with Crippen molar-refractivity contribution < 1.29 is 29.0 Å². The maximum Gasteiger partial charge on any atom is 0.416 e. The molecule has 0 saturated carbocycles. The lowest BCUT2D eigenvalue weighted by Crippen LogP contribution is -2.62. The highest BCUT2D eigenvalue weighted by Crippen LogP contribution is 2.26. The summed E-state index contributed by atoms with van der Waals surface area (Å²) in [6, 6.07) is 9.87. The number of hydrogen-bond donors (Lipinski definition) is 2. The number of methoxy groups -OCH3 is 1. The second-order valence-corrected chi connectivity index (χ2v) is 9.02. The summed E-state index contributed by atoms with van der Waals surface area (Å²) in [6.45, 7) is 7.34. The number of hydrogen-bond acceptors (Lipinski definition) is 6. The minimum Gasteiger partial charge on any atom is -0.497 e. The molecule has 9 heteroatoms. The third kappa shape index (κ3) is 6.00. The molecule has 1 aliphatic heterocycles. The number of pyridine rings is 1. The molecule has 2 aromatic rings. The summed E-state index contributed by atoms with van der Waals surface area (Å²) >= 11 is 0. The lowest BCUT2D eigenvalue weighted by Gasteiger charge is -2.33. The second-order valence-electron chi connectivity index (χ2n) is 9.02. The summed E-state index contributed by atoms with van der Waals surface area (Å²) in [4.78, 5) is 42.3. The van der Waals surface area contributed by atoms with Gasteiger partial charge in [-0.3, -0.25) is 9.69 Å². The number of aromatic nitrogens is 1. The first kappa shape index (κ1) is 24.0. The molecular weight excluding hydrogens is 426 g/mol. The Bertz CT molecular complexity index is 1050. The molecule has 0 radical (unpaired) electrons. The minimum absolute atomic E-state index is 0.205. The molecular formula is C24H29N3O6. The first-order valence-corrected chi connectivity index (χ1v) is 10.6. The van der Waals surface area contributed by atoms with Crippen molar-refractivity contribution in [2.45, 2.75) is 52.3 Å². The van der Waals surface area contributed by atoms with Crippen LogP contribution < -0.4 is 15.0 Å². The van der Waals surface area contributed by atoms with Gasteiger partial charge in [-0.2, -0.15) is 0 Å². The molecule has 0 bridgehead atoms. The van der Waals surface area contributed by atoms with Gasteiger partial charge in [0, 0.05) is 5.69 Å². The first-order valence-electron chi connectivity index (χ1n) is 10.6. The number of benzene rings is 1. The van der Waals surface area contributed by atoms with Crippen LogP contribution in [0.5, 0.6) is 5.75 Å². The first-order chi connectivity index (χ1) is 15.5. The Morgan fingerprint density at radius 1 is 1.15 bits per heavy atom. The summed E-state index contributed by atoms with van der Waals surface area (Å²) in [7, 11) is 1.58. The highest BCUT2D eigenvalue weighted by Gasteiger charge is 2.44. The standard InChI is InChI=1S/C24H29N3O6/c1-14-10-16(11-18-20(22(29)30)26-21(18)28)12-19(25-14)27(23(31)33-24(2,3)4)13-15-6-8-17(32-5)9-7-15/h6-10,12,18,20H,11,13H2,1-5H3,(H,26,28)(H,29,30)/t18-,20+/m1/s1. The molecule has 1 saturated heterocycles. The quantitative estimate of drug-likeness (QED) is 0.616. The number of aryl methyl sites for hydroxylation is 1. The van der Waals surface area contributed by atoms with Gasteiger partial charge in [-0.05, 0) is 69.5 Å². The third-order valence-corrected chi connectivity index (χ3v) is 5.15. The van der Waals surface area contributed by atoms with Gasteiger partial charge in [-0.25, -0.2) is 14.6 Å². The summed E-state index contributed by atoms with van der Waals surface area (Å²) in [6.07, 6.45) is -0.337. The second kappa shape index (κ2) is 9.48. The number of anilines is 1. The topological polar surface area (TPSA) is 118 Å². The number of rotatable bonds is 7. The van der Waals surface area contributed by atoms with Crippen LogP contribution in [0.3, 0.4) is 0 Å². The summed E-state index contributed by atoms with van der Waals surface area (Å²) in [5.41, 5.74) is 1.49. The number of ether oxygens (including phenoxy) is 2. The molecule has 3 rings (SSSR count). The van der Waals surface area contributed by atoms with E-state index in [0.717, 1.165) is 5.56 Å². The van der Waals surface area contributed by atoms with Crippen LogP contribution in [-0.2, 0) is 27.3 Å². The van der Waals surface area contributed by atoms with Crippen LogP contribution >= 0.6 is 0 Å². The fourth-order valence-electron chi connectivity index (χ4n) is 3.56. The summed E-state index contributed by atoms with van der Waals surface area (Å²) in [5, 5.41) is 11.7. The number of carbonyl (C=O) groups is 3. The highest BCUT2D eigenvalue weighted by atomic mass is 16.6. The van der Waals surface area contributed by atoms with Crippen molar-refractivity contribution in [1.29, 1.82) is 0 Å². The Morgan fingerprint density at radius 3 is 2.36 bits per heavy atom. The molecule has 1 fully saturated rings. The highest BCUT2D eigenvalue weighted by molar-refractivity contribution is 5.96.